The molecule has 0 bridgehead atoms. The van der Waals surface area contributed by atoms with Gasteiger partial charge in [0.25, 0.3) is 5.91 Å². The summed E-state index contributed by atoms with van der Waals surface area (Å²) in [6, 6.07) is 22.0. The van der Waals surface area contributed by atoms with Gasteiger partial charge in [-0.25, -0.2) is 8.78 Å². The molecule has 34 heavy (non-hydrogen) atoms. The van der Waals surface area contributed by atoms with E-state index in [0.29, 0.717) is 22.6 Å². The van der Waals surface area contributed by atoms with E-state index >= 15 is 0 Å². The van der Waals surface area contributed by atoms with Gasteiger partial charge >= 0.3 is 0 Å². The molecular formula is C28H21F2N3O. The molecule has 0 radical (unpaired) electrons. The van der Waals surface area contributed by atoms with Crippen LogP contribution in [0.4, 0.5) is 20.3 Å². The average Bonchev–Trinajstić information content (AvgIpc) is 3.21. The first-order valence-electron chi connectivity index (χ1n) is 10.8. The van der Waals surface area contributed by atoms with Crippen molar-refractivity contribution in [1.82, 2.24) is 9.78 Å². The number of carbonyl (C=O) groups excluding carboxylic acids is 1. The van der Waals surface area contributed by atoms with Crippen molar-refractivity contribution in [3.05, 3.63) is 132 Å². The van der Waals surface area contributed by atoms with E-state index in [-0.39, 0.29) is 12.3 Å². The summed E-state index contributed by atoms with van der Waals surface area (Å²) in [5.74, 6) is -0.663. The zero-order valence-corrected chi connectivity index (χ0v) is 18.2. The third-order valence-corrected chi connectivity index (χ3v) is 6.10. The van der Waals surface area contributed by atoms with Gasteiger partial charge in [0.15, 0.2) is 5.82 Å². The first-order chi connectivity index (χ1) is 16.5. The maximum absolute atomic E-state index is 14.3. The molecule has 3 aromatic carbocycles. The monoisotopic (exact) mass is 453 g/mol. The molecule has 0 saturated heterocycles. The number of halogens is 2. The minimum absolute atomic E-state index is 0.273. The van der Waals surface area contributed by atoms with Crippen LogP contribution in [0.15, 0.2) is 97.6 Å². The van der Waals surface area contributed by atoms with Crippen molar-refractivity contribution in [3.8, 4) is 0 Å². The van der Waals surface area contributed by atoms with Crippen molar-refractivity contribution in [3.63, 3.8) is 0 Å². The van der Waals surface area contributed by atoms with E-state index in [9.17, 15) is 13.6 Å². The first kappa shape index (κ1) is 21.5. The minimum Gasteiger partial charge on any atom is -0.338 e. The maximum atomic E-state index is 14.3. The molecule has 4 nitrogen and oxygen atoms in total. The molecule has 5 rings (SSSR count). The summed E-state index contributed by atoms with van der Waals surface area (Å²) >= 11 is 0. The average molecular weight is 453 g/mol. The second-order valence-electron chi connectivity index (χ2n) is 8.16. The van der Waals surface area contributed by atoms with E-state index in [2.05, 4.69) is 17.0 Å². The number of anilines is 2. The molecule has 0 saturated carbocycles. The number of fused-ring (bicyclic) bond motifs is 1. The van der Waals surface area contributed by atoms with Crippen molar-refractivity contribution in [2.75, 3.05) is 5.32 Å². The number of hydrogen-bond donors (Lipinski definition) is 1. The number of nitrogens with zero attached hydrogens (tertiary/aromatic N) is 2. The van der Waals surface area contributed by atoms with Crippen LogP contribution in [0, 0.1) is 11.6 Å². The largest absolute Gasteiger partial charge is 0.338 e. The number of aromatic nitrogens is 2. The van der Waals surface area contributed by atoms with Crippen molar-refractivity contribution in [1.29, 1.82) is 0 Å². The zero-order valence-electron chi connectivity index (χ0n) is 18.2. The Morgan fingerprint density at radius 3 is 2.21 bits per heavy atom. The maximum Gasteiger partial charge on any atom is 0.270 e. The normalized spacial score (nSPS) is 13.8. The van der Waals surface area contributed by atoms with Crippen LogP contribution in [0.3, 0.4) is 0 Å². The van der Waals surface area contributed by atoms with Crippen LogP contribution in [0.1, 0.15) is 27.2 Å². The number of carbonyl (C=O) groups is 1. The molecule has 0 atom stereocenters. The Bertz CT molecular complexity index is 1380. The Morgan fingerprint density at radius 2 is 1.62 bits per heavy atom. The van der Waals surface area contributed by atoms with E-state index < -0.39 is 17.0 Å². The smallest absolute Gasteiger partial charge is 0.270 e. The fraction of sp³-hybridized carbons (Fsp3) is 0.0714. The number of rotatable bonds is 5. The van der Waals surface area contributed by atoms with Gasteiger partial charge in [-0.15, -0.1) is 5.10 Å². The molecule has 6 heteroatoms. The second-order valence-corrected chi connectivity index (χ2v) is 8.16. The highest BCUT2D eigenvalue weighted by atomic mass is 19.1. The quantitative estimate of drug-likeness (QED) is 0.362. The predicted molar refractivity (Wildman–Crippen MR) is 129 cm³/mol. The Morgan fingerprint density at radius 1 is 0.971 bits per heavy atom. The van der Waals surface area contributed by atoms with Crippen molar-refractivity contribution in [2.45, 2.75) is 11.8 Å². The Hall–Kier alpha value is -4.32. The summed E-state index contributed by atoms with van der Waals surface area (Å²) < 4.78 is 29.9. The summed E-state index contributed by atoms with van der Waals surface area (Å²) in [5.41, 5.74) is 2.58. The molecule has 1 N–H and O–H groups in total. The molecule has 168 valence electrons. The van der Waals surface area contributed by atoms with Crippen LogP contribution < -0.4 is 5.32 Å². The number of benzene rings is 3. The molecule has 0 aliphatic heterocycles. The standard InChI is InChI=1S/C28H21F2N3O/c1-2-26(34)33-25-18-28(19-8-6-10-21(29)16-19,20-9-7-11-22(30)17-20)15-14-24(25)27(32-33)31-23-12-4-3-5-13-23/h2-17H,1,18H2,(H,31,32). The van der Waals surface area contributed by atoms with Crippen molar-refractivity contribution in [2.24, 2.45) is 0 Å². The summed E-state index contributed by atoms with van der Waals surface area (Å²) in [4.78, 5) is 12.8. The highest BCUT2D eigenvalue weighted by Gasteiger charge is 2.39. The summed E-state index contributed by atoms with van der Waals surface area (Å²) in [6.07, 6.45) is 5.26. The van der Waals surface area contributed by atoms with Crippen LogP contribution in [0.5, 0.6) is 0 Å². The van der Waals surface area contributed by atoms with E-state index in [4.69, 9.17) is 0 Å². The topological polar surface area (TPSA) is 46.9 Å². The second kappa shape index (κ2) is 8.56. The SMILES string of the molecule is C=CC(=O)n1nc(Nc2ccccc2)c2c1CC(c1cccc(F)c1)(c1cccc(F)c1)C=C2. The number of allylic oxidation sites excluding steroid dienone is 2. The lowest BCUT2D eigenvalue weighted by atomic mass is 9.68. The Labute approximate surface area is 195 Å². The van der Waals surface area contributed by atoms with Crippen LogP contribution in [0.2, 0.25) is 0 Å². The third-order valence-electron chi connectivity index (χ3n) is 6.10. The summed E-state index contributed by atoms with van der Waals surface area (Å²) in [6.45, 7) is 3.61. The van der Waals surface area contributed by atoms with E-state index in [1.54, 1.807) is 12.1 Å². The van der Waals surface area contributed by atoms with Crippen molar-refractivity contribution < 1.29 is 13.6 Å². The van der Waals surface area contributed by atoms with Gasteiger partial charge in [0.2, 0.25) is 0 Å². The molecule has 1 aliphatic carbocycles. The van der Waals surface area contributed by atoms with Crippen LogP contribution in [0.25, 0.3) is 6.08 Å². The van der Waals surface area contributed by atoms with E-state index in [1.165, 1.54) is 35.0 Å². The third kappa shape index (κ3) is 3.73. The summed E-state index contributed by atoms with van der Waals surface area (Å²) in [7, 11) is 0. The van der Waals surface area contributed by atoms with Gasteiger partial charge < -0.3 is 5.32 Å². The minimum atomic E-state index is -0.902. The van der Waals surface area contributed by atoms with Gasteiger partial charge in [0.05, 0.1) is 5.69 Å². The fourth-order valence-corrected chi connectivity index (χ4v) is 4.47. The molecule has 1 aromatic heterocycles. The highest BCUT2D eigenvalue weighted by molar-refractivity contribution is 5.91. The number of hydrogen-bond acceptors (Lipinski definition) is 3. The van der Waals surface area contributed by atoms with Crippen molar-refractivity contribution >= 4 is 23.5 Å². The first-order valence-corrected chi connectivity index (χ1v) is 10.8. The predicted octanol–water partition coefficient (Wildman–Crippen LogP) is 6.29. The lowest BCUT2D eigenvalue weighted by molar-refractivity contribution is 0.0950. The molecule has 0 amide bonds. The van der Waals surface area contributed by atoms with Gasteiger partial charge in [0, 0.05) is 23.1 Å². The van der Waals surface area contributed by atoms with E-state index in [0.717, 1.165) is 11.3 Å². The van der Waals surface area contributed by atoms with Gasteiger partial charge in [0.1, 0.15) is 11.6 Å². The molecule has 1 heterocycles. The molecule has 0 unspecified atom stereocenters. The molecular weight excluding hydrogens is 432 g/mol. The molecule has 4 aromatic rings. The Kier molecular flexibility index (Phi) is 5.42. The zero-order chi connectivity index (χ0) is 23.7. The summed E-state index contributed by atoms with van der Waals surface area (Å²) in [5, 5.41) is 7.80. The number of nitrogens with one attached hydrogen (secondary N) is 1. The van der Waals surface area contributed by atoms with Crippen LogP contribution >= 0.6 is 0 Å². The highest BCUT2D eigenvalue weighted by Crippen LogP contribution is 2.43. The van der Waals surface area contributed by atoms with Gasteiger partial charge in [-0.2, -0.15) is 4.68 Å². The lowest BCUT2D eigenvalue weighted by Crippen LogP contribution is -2.32. The molecule has 0 spiro atoms. The van der Waals surface area contributed by atoms with E-state index in [1.807, 2.05) is 54.6 Å². The lowest BCUT2D eigenvalue weighted by Gasteiger charge is -2.35. The van der Waals surface area contributed by atoms with Gasteiger partial charge in [-0.1, -0.05) is 61.2 Å². The van der Waals surface area contributed by atoms with Gasteiger partial charge in [-0.3, -0.25) is 4.79 Å². The molecule has 1 aliphatic rings. The number of para-hydroxylation sites is 1. The Balaban J connectivity index is 1.70. The van der Waals surface area contributed by atoms with Crippen LogP contribution in [-0.2, 0) is 11.8 Å². The van der Waals surface area contributed by atoms with Gasteiger partial charge in [-0.05, 0) is 53.6 Å². The molecule has 0 fully saturated rings. The fourth-order valence-electron chi connectivity index (χ4n) is 4.47. The van der Waals surface area contributed by atoms with Crippen LogP contribution in [-0.4, -0.2) is 15.7 Å².